The Bertz CT molecular complexity index is 395. The highest BCUT2D eigenvalue weighted by Crippen LogP contribution is 2.31. The Hall–Kier alpha value is -1.52. The molecule has 0 N–H and O–H groups in total. The van der Waals surface area contributed by atoms with Gasteiger partial charge in [0.15, 0.2) is 0 Å². The van der Waals surface area contributed by atoms with Crippen LogP contribution in [0.25, 0.3) is 0 Å². The lowest BCUT2D eigenvalue weighted by Gasteiger charge is -2.45. The molecule has 1 aliphatic carbocycles. The summed E-state index contributed by atoms with van der Waals surface area (Å²) in [6, 6.07) is -0.492. The fourth-order valence-electron chi connectivity index (χ4n) is 2.54. The van der Waals surface area contributed by atoms with Crippen LogP contribution in [-0.4, -0.2) is 35.7 Å². The summed E-state index contributed by atoms with van der Waals surface area (Å²) in [4.78, 5) is 24.5. The van der Waals surface area contributed by atoms with Crippen molar-refractivity contribution in [2.75, 3.05) is 7.11 Å². The van der Waals surface area contributed by atoms with E-state index in [1.54, 1.807) is 20.8 Å². The van der Waals surface area contributed by atoms with Crippen LogP contribution in [-0.2, 0) is 9.53 Å². The zero-order chi connectivity index (χ0) is 14.8. The molecular formula is C14H22NO4-. The van der Waals surface area contributed by atoms with Gasteiger partial charge in [-0.1, -0.05) is 13.0 Å². The maximum atomic E-state index is 11.8. The van der Waals surface area contributed by atoms with Crippen molar-refractivity contribution in [2.24, 2.45) is 5.92 Å². The normalized spacial score (nSPS) is 23.5. The Morgan fingerprint density at radius 2 is 1.95 bits per heavy atom. The van der Waals surface area contributed by atoms with E-state index in [9.17, 15) is 14.7 Å². The minimum atomic E-state index is -1.26. The molecule has 0 fully saturated rings. The van der Waals surface area contributed by atoms with Gasteiger partial charge < -0.3 is 19.5 Å². The third-order valence-electron chi connectivity index (χ3n) is 3.37. The third-order valence-corrected chi connectivity index (χ3v) is 3.37. The molecule has 5 heteroatoms. The number of ether oxygens (including phenoxy) is 1. The number of nitrogens with zero attached hydrogens (tertiary/aromatic N) is 1. The van der Waals surface area contributed by atoms with Crippen molar-refractivity contribution in [3.63, 3.8) is 0 Å². The molecule has 0 aromatic rings. The predicted octanol–water partition coefficient (Wildman–Crippen LogP) is 1.33. The molecular weight excluding hydrogens is 246 g/mol. The molecule has 2 atom stereocenters. The molecule has 19 heavy (non-hydrogen) atoms. The monoisotopic (exact) mass is 268 g/mol. The zero-order valence-electron chi connectivity index (χ0n) is 12.2. The summed E-state index contributed by atoms with van der Waals surface area (Å²) in [6.45, 7) is 7.36. The van der Waals surface area contributed by atoms with E-state index in [0.717, 1.165) is 6.42 Å². The number of hydrogen-bond acceptors (Lipinski definition) is 4. The van der Waals surface area contributed by atoms with Gasteiger partial charge in [0.2, 0.25) is 0 Å². The number of esters is 1. The molecule has 1 amide bonds. The van der Waals surface area contributed by atoms with Gasteiger partial charge in [0.05, 0.1) is 18.7 Å². The first-order valence-electron chi connectivity index (χ1n) is 6.48. The number of allylic oxidation sites excluding steroid dienone is 1. The lowest BCUT2D eigenvalue weighted by molar-refractivity contribution is -0.272. The van der Waals surface area contributed by atoms with Crippen molar-refractivity contribution in [3.8, 4) is 0 Å². The molecule has 5 nitrogen and oxygen atoms in total. The summed E-state index contributed by atoms with van der Waals surface area (Å²) in [6.07, 6.45) is 1.99. The summed E-state index contributed by atoms with van der Waals surface area (Å²) in [5.74, 6) is -0.221. The van der Waals surface area contributed by atoms with Crippen LogP contribution in [0.3, 0.4) is 0 Å². The molecule has 0 aromatic heterocycles. The molecule has 0 aromatic carbocycles. The van der Waals surface area contributed by atoms with Gasteiger partial charge in [-0.05, 0) is 39.5 Å². The number of amides is 1. The van der Waals surface area contributed by atoms with E-state index in [4.69, 9.17) is 4.74 Å². The summed E-state index contributed by atoms with van der Waals surface area (Å²) in [5.41, 5.74) is -0.211. The highest BCUT2D eigenvalue weighted by atomic mass is 16.5. The second kappa shape index (κ2) is 5.63. The van der Waals surface area contributed by atoms with Gasteiger partial charge in [-0.25, -0.2) is 4.79 Å². The van der Waals surface area contributed by atoms with Crippen molar-refractivity contribution in [3.05, 3.63) is 11.6 Å². The standard InChI is InChI=1S/C14H23NO4/c1-9-6-7-11(10(8-9)12(16)19-5)15(13(17)18)14(2,3)4/h8-9,11H,6-7H2,1-5H3,(H,17,18)/p-1. The Labute approximate surface area is 114 Å². The maximum absolute atomic E-state index is 11.8. The first-order valence-corrected chi connectivity index (χ1v) is 6.48. The number of carboxylic acid groups (broad SMARTS) is 1. The van der Waals surface area contributed by atoms with Gasteiger partial charge in [0.1, 0.15) is 6.09 Å². The van der Waals surface area contributed by atoms with Crippen LogP contribution in [0.2, 0.25) is 0 Å². The number of carbonyl (C=O) groups excluding carboxylic acids is 2. The Kier molecular flexibility index (Phi) is 4.61. The Morgan fingerprint density at radius 1 is 1.37 bits per heavy atom. The smallest absolute Gasteiger partial charge is 0.335 e. The number of rotatable bonds is 2. The van der Waals surface area contributed by atoms with Gasteiger partial charge in [-0.15, -0.1) is 0 Å². The molecule has 0 spiro atoms. The van der Waals surface area contributed by atoms with Crippen LogP contribution >= 0.6 is 0 Å². The molecule has 0 saturated heterocycles. The molecule has 2 unspecified atom stereocenters. The number of hydrogen-bond donors (Lipinski definition) is 0. The van der Waals surface area contributed by atoms with Crippen LogP contribution in [0.1, 0.15) is 40.5 Å². The van der Waals surface area contributed by atoms with Crippen LogP contribution in [0.15, 0.2) is 11.6 Å². The Balaban J connectivity index is 3.17. The second-order valence-electron chi connectivity index (χ2n) is 5.99. The SMILES string of the molecule is COC(=O)C1=CC(C)CCC1N(C(=O)[O-])C(C)(C)C. The van der Waals surface area contributed by atoms with E-state index < -0.39 is 23.6 Å². The topological polar surface area (TPSA) is 69.7 Å². The van der Waals surface area contributed by atoms with Crippen molar-refractivity contribution >= 4 is 12.1 Å². The largest absolute Gasteiger partial charge is 0.530 e. The van der Waals surface area contributed by atoms with E-state index >= 15 is 0 Å². The molecule has 0 bridgehead atoms. The minimum Gasteiger partial charge on any atom is -0.530 e. The van der Waals surface area contributed by atoms with Crippen molar-refractivity contribution in [1.82, 2.24) is 4.90 Å². The molecule has 0 saturated carbocycles. The van der Waals surface area contributed by atoms with Gasteiger partial charge in [-0.2, -0.15) is 0 Å². The van der Waals surface area contributed by atoms with Gasteiger partial charge in [-0.3, -0.25) is 0 Å². The van der Waals surface area contributed by atoms with E-state index in [0.29, 0.717) is 12.0 Å². The molecule has 0 heterocycles. The quantitative estimate of drug-likeness (QED) is 0.708. The molecule has 108 valence electrons. The Morgan fingerprint density at radius 3 is 2.37 bits per heavy atom. The average Bonchev–Trinajstić information content (AvgIpc) is 2.28. The van der Waals surface area contributed by atoms with Gasteiger partial charge in [0, 0.05) is 5.54 Å². The molecule has 1 aliphatic rings. The summed E-state index contributed by atoms with van der Waals surface area (Å²) < 4.78 is 4.76. The molecule has 0 aliphatic heterocycles. The van der Waals surface area contributed by atoms with E-state index in [1.807, 2.05) is 13.0 Å². The molecule has 1 rings (SSSR count). The highest BCUT2D eigenvalue weighted by molar-refractivity contribution is 5.90. The second-order valence-corrected chi connectivity index (χ2v) is 5.99. The zero-order valence-corrected chi connectivity index (χ0v) is 12.2. The fraction of sp³-hybridized carbons (Fsp3) is 0.714. The first kappa shape index (κ1) is 15.5. The number of carbonyl (C=O) groups is 2. The summed E-state index contributed by atoms with van der Waals surface area (Å²) >= 11 is 0. The van der Waals surface area contributed by atoms with E-state index in [1.165, 1.54) is 12.0 Å². The van der Waals surface area contributed by atoms with E-state index in [2.05, 4.69) is 0 Å². The lowest BCUT2D eigenvalue weighted by Crippen LogP contribution is -2.58. The lowest BCUT2D eigenvalue weighted by atomic mass is 9.85. The van der Waals surface area contributed by atoms with E-state index in [-0.39, 0.29) is 5.92 Å². The summed E-state index contributed by atoms with van der Waals surface area (Å²) in [7, 11) is 1.31. The molecule has 0 radical (unpaired) electrons. The first-order chi connectivity index (χ1) is 8.68. The average molecular weight is 268 g/mol. The van der Waals surface area contributed by atoms with Crippen molar-refractivity contribution in [1.29, 1.82) is 0 Å². The van der Waals surface area contributed by atoms with Crippen LogP contribution in [0.4, 0.5) is 4.79 Å². The highest BCUT2D eigenvalue weighted by Gasteiger charge is 2.36. The van der Waals surface area contributed by atoms with Crippen molar-refractivity contribution < 1.29 is 19.4 Å². The maximum Gasteiger partial charge on any atom is 0.335 e. The summed E-state index contributed by atoms with van der Waals surface area (Å²) in [5, 5.41) is 11.4. The van der Waals surface area contributed by atoms with Crippen molar-refractivity contribution in [2.45, 2.75) is 52.1 Å². The fourth-order valence-corrected chi connectivity index (χ4v) is 2.54. The van der Waals surface area contributed by atoms with Crippen LogP contribution in [0, 0.1) is 5.92 Å². The minimum absolute atomic E-state index is 0.244. The van der Waals surface area contributed by atoms with Gasteiger partial charge >= 0.3 is 5.97 Å². The number of methoxy groups -OCH3 is 1. The van der Waals surface area contributed by atoms with Crippen LogP contribution < -0.4 is 5.11 Å². The third kappa shape index (κ3) is 3.49. The predicted molar refractivity (Wildman–Crippen MR) is 69.3 cm³/mol. The van der Waals surface area contributed by atoms with Crippen LogP contribution in [0.5, 0.6) is 0 Å². The van der Waals surface area contributed by atoms with Gasteiger partial charge in [0.25, 0.3) is 0 Å².